The lowest BCUT2D eigenvalue weighted by Gasteiger charge is -2.21. The minimum absolute atomic E-state index is 0.0842. The first-order chi connectivity index (χ1) is 6.88. The fourth-order valence-corrected chi connectivity index (χ4v) is 1.91. The maximum absolute atomic E-state index is 11.8. The standard InChI is InChI=1S/C11H20N2O2/c1-4-5-8(12)7-13-9(14)6-11(2,3)10(13)15/h8H,4-7,12H2,1-3H3. The monoisotopic (exact) mass is 212 g/mol. The molecule has 1 rings (SSSR count). The van der Waals surface area contributed by atoms with Gasteiger partial charge in [-0.05, 0) is 6.42 Å². The molecule has 15 heavy (non-hydrogen) atoms. The molecule has 0 spiro atoms. The zero-order valence-corrected chi connectivity index (χ0v) is 9.75. The average Bonchev–Trinajstić information content (AvgIpc) is 2.28. The van der Waals surface area contributed by atoms with Crippen LogP contribution < -0.4 is 5.73 Å². The highest BCUT2D eigenvalue weighted by Crippen LogP contribution is 2.31. The van der Waals surface area contributed by atoms with Gasteiger partial charge >= 0.3 is 0 Å². The second-order valence-electron chi connectivity index (χ2n) is 4.92. The quantitative estimate of drug-likeness (QED) is 0.704. The van der Waals surface area contributed by atoms with Crippen LogP contribution in [-0.2, 0) is 9.59 Å². The number of carbonyl (C=O) groups is 2. The summed E-state index contributed by atoms with van der Waals surface area (Å²) in [7, 11) is 0. The van der Waals surface area contributed by atoms with Gasteiger partial charge in [0.25, 0.3) is 0 Å². The Balaban J connectivity index is 2.63. The third-order valence-electron chi connectivity index (χ3n) is 2.79. The molecule has 1 aliphatic rings. The number of likely N-dealkylation sites (tertiary alicyclic amines) is 1. The maximum Gasteiger partial charge on any atom is 0.235 e. The molecule has 1 aliphatic heterocycles. The number of hydrogen-bond acceptors (Lipinski definition) is 3. The van der Waals surface area contributed by atoms with Gasteiger partial charge in [-0.25, -0.2) is 0 Å². The van der Waals surface area contributed by atoms with Crippen LogP contribution in [0.3, 0.4) is 0 Å². The minimum Gasteiger partial charge on any atom is -0.326 e. The predicted molar refractivity (Wildman–Crippen MR) is 58.0 cm³/mol. The lowest BCUT2D eigenvalue weighted by molar-refractivity contribution is -0.141. The first kappa shape index (κ1) is 12.2. The molecule has 0 aromatic heterocycles. The molecular formula is C11H20N2O2. The van der Waals surface area contributed by atoms with Gasteiger partial charge in [-0.3, -0.25) is 14.5 Å². The maximum atomic E-state index is 11.8. The van der Waals surface area contributed by atoms with Gasteiger partial charge in [0.05, 0.1) is 5.41 Å². The molecule has 0 bridgehead atoms. The molecule has 2 amide bonds. The molecule has 86 valence electrons. The molecule has 0 aromatic rings. The fourth-order valence-electron chi connectivity index (χ4n) is 1.91. The summed E-state index contributed by atoms with van der Waals surface area (Å²) in [5.41, 5.74) is 5.29. The number of amides is 2. The van der Waals surface area contributed by atoms with E-state index in [1.165, 1.54) is 4.90 Å². The highest BCUT2D eigenvalue weighted by Gasteiger charge is 2.44. The van der Waals surface area contributed by atoms with Crippen molar-refractivity contribution in [2.75, 3.05) is 6.54 Å². The molecule has 0 aromatic carbocycles. The van der Waals surface area contributed by atoms with Gasteiger partial charge in [0.2, 0.25) is 11.8 Å². The Morgan fingerprint density at radius 1 is 1.47 bits per heavy atom. The number of nitrogens with two attached hydrogens (primary N) is 1. The second kappa shape index (κ2) is 4.31. The van der Waals surface area contributed by atoms with Crippen molar-refractivity contribution >= 4 is 11.8 Å². The van der Waals surface area contributed by atoms with Gasteiger partial charge in [-0.1, -0.05) is 27.2 Å². The van der Waals surface area contributed by atoms with Crippen molar-refractivity contribution in [2.45, 2.75) is 46.1 Å². The molecule has 4 nitrogen and oxygen atoms in total. The van der Waals surface area contributed by atoms with Crippen LogP contribution in [0, 0.1) is 5.41 Å². The Morgan fingerprint density at radius 3 is 2.47 bits per heavy atom. The molecule has 0 aliphatic carbocycles. The molecular weight excluding hydrogens is 192 g/mol. The van der Waals surface area contributed by atoms with Crippen molar-refractivity contribution in [3.05, 3.63) is 0 Å². The molecule has 2 N–H and O–H groups in total. The summed E-state index contributed by atoms with van der Waals surface area (Å²) in [5, 5.41) is 0. The van der Waals surface area contributed by atoms with Crippen LogP contribution in [-0.4, -0.2) is 29.3 Å². The zero-order valence-electron chi connectivity index (χ0n) is 9.75. The number of imide groups is 1. The van der Waals surface area contributed by atoms with Gasteiger partial charge < -0.3 is 5.73 Å². The van der Waals surface area contributed by atoms with E-state index in [1.54, 1.807) is 13.8 Å². The summed E-state index contributed by atoms with van der Waals surface area (Å²) in [6.07, 6.45) is 2.13. The molecule has 4 heteroatoms. The summed E-state index contributed by atoms with van der Waals surface area (Å²) < 4.78 is 0. The molecule has 0 radical (unpaired) electrons. The molecule has 1 atom stereocenters. The van der Waals surface area contributed by atoms with E-state index in [-0.39, 0.29) is 17.9 Å². The van der Waals surface area contributed by atoms with Gasteiger partial charge in [-0.2, -0.15) is 0 Å². The topological polar surface area (TPSA) is 63.4 Å². The first-order valence-electron chi connectivity index (χ1n) is 5.49. The van der Waals surface area contributed by atoms with Gasteiger partial charge in [0.1, 0.15) is 0 Å². The van der Waals surface area contributed by atoms with E-state index < -0.39 is 5.41 Å². The van der Waals surface area contributed by atoms with E-state index >= 15 is 0 Å². The summed E-state index contributed by atoms with van der Waals surface area (Å²) in [6, 6.07) is -0.0863. The van der Waals surface area contributed by atoms with E-state index in [0.29, 0.717) is 13.0 Å². The summed E-state index contributed by atoms with van der Waals surface area (Å²) in [6.45, 7) is 6.02. The Morgan fingerprint density at radius 2 is 2.07 bits per heavy atom. The Kier molecular flexibility index (Phi) is 3.50. The van der Waals surface area contributed by atoms with Crippen molar-refractivity contribution < 1.29 is 9.59 Å². The van der Waals surface area contributed by atoms with E-state index in [1.807, 2.05) is 6.92 Å². The largest absolute Gasteiger partial charge is 0.326 e. The van der Waals surface area contributed by atoms with E-state index in [0.717, 1.165) is 12.8 Å². The van der Waals surface area contributed by atoms with E-state index in [4.69, 9.17) is 5.73 Å². The third kappa shape index (κ3) is 2.56. The number of hydrogen-bond donors (Lipinski definition) is 1. The molecule has 1 fully saturated rings. The third-order valence-corrected chi connectivity index (χ3v) is 2.79. The highest BCUT2D eigenvalue weighted by molar-refractivity contribution is 6.05. The van der Waals surface area contributed by atoms with Crippen LogP contribution in [0.1, 0.15) is 40.0 Å². The van der Waals surface area contributed by atoms with Crippen LogP contribution in [0.4, 0.5) is 0 Å². The highest BCUT2D eigenvalue weighted by atomic mass is 16.2. The van der Waals surface area contributed by atoms with Crippen LogP contribution in [0.2, 0.25) is 0 Å². The molecule has 1 saturated heterocycles. The van der Waals surface area contributed by atoms with Crippen molar-refractivity contribution in [1.29, 1.82) is 0 Å². The second-order valence-corrected chi connectivity index (χ2v) is 4.92. The lowest BCUT2D eigenvalue weighted by Crippen LogP contribution is -2.42. The Bertz CT molecular complexity index is 274. The average molecular weight is 212 g/mol. The fraction of sp³-hybridized carbons (Fsp3) is 0.818. The Labute approximate surface area is 90.8 Å². The van der Waals surface area contributed by atoms with Gasteiger partial charge in [0.15, 0.2) is 0 Å². The van der Waals surface area contributed by atoms with Crippen molar-refractivity contribution in [2.24, 2.45) is 11.1 Å². The number of rotatable bonds is 4. The summed E-state index contributed by atoms with van der Waals surface area (Å²) in [4.78, 5) is 24.7. The predicted octanol–water partition coefficient (Wildman–Crippen LogP) is 0.899. The lowest BCUT2D eigenvalue weighted by atomic mass is 9.92. The van der Waals surface area contributed by atoms with Gasteiger partial charge in [0, 0.05) is 19.0 Å². The smallest absolute Gasteiger partial charge is 0.235 e. The van der Waals surface area contributed by atoms with Crippen molar-refractivity contribution in [3.8, 4) is 0 Å². The Hall–Kier alpha value is -0.900. The molecule has 0 saturated carbocycles. The van der Waals surface area contributed by atoms with E-state index in [9.17, 15) is 9.59 Å². The number of carbonyl (C=O) groups excluding carboxylic acids is 2. The SMILES string of the molecule is CCCC(N)CN1C(=O)CC(C)(C)C1=O. The zero-order chi connectivity index (χ0) is 11.6. The van der Waals surface area contributed by atoms with Crippen LogP contribution in [0.25, 0.3) is 0 Å². The molecule has 1 heterocycles. The molecule has 1 unspecified atom stereocenters. The van der Waals surface area contributed by atoms with Crippen LogP contribution in [0.5, 0.6) is 0 Å². The van der Waals surface area contributed by atoms with Crippen LogP contribution >= 0.6 is 0 Å². The van der Waals surface area contributed by atoms with Crippen molar-refractivity contribution in [3.63, 3.8) is 0 Å². The normalized spacial score (nSPS) is 22.3. The minimum atomic E-state index is -0.539. The summed E-state index contributed by atoms with van der Waals surface area (Å²) >= 11 is 0. The first-order valence-corrected chi connectivity index (χ1v) is 5.49. The summed E-state index contributed by atoms with van der Waals surface area (Å²) in [5.74, 6) is -0.171. The van der Waals surface area contributed by atoms with E-state index in [2.05, 4.69) is 0 Å². The van der Waals surface area contributed by atoms with Crippen LogP contribution in [0.15, 0.2) is 0 Å². The van der Waals surface area contributed by atoms with Gasteiger partial charge in [-0.15, -0.1) is 0 Å². The number of nitrogens with zero attached hydrogens (tertiary/aromatic N) is 1. The van der Waals surface area contributed by atoms with Crippen molar-refractivity contribution in [1.82, 2.24) is 4.90 Å².